The lowest BCUT2D eigenvalue weighted by Gasteiger charge is -1.87. The van der Waals surface area contributed by atoms with Crippen LogP contribution in [0.4, 0.5) is 0 Å². The molecule has 0 spiro atoms. The fourth-order valence-electron chi connectivity index (χ4n) is 2.39. The lowest BCUT2D eigenvalue weighted by atomic mass is 10.2. The lowest BCUT2D eigenvalue weighted by molar-refractivity contribution is -0.136. The number of carbonyl (C=O) groups is 1. The van der Waals surface area contributed by atoms with Crippen molar-refractivity contribution in [2.24, 2.45) is 0 Å². The maximum atomic E-state index is 10.4. The molecule has 0 aromatic rings. The molecule has 0 aliphatic carbocycles. The van der Waals surface area contributed by atoms with E-state index in [2.05, 4.69) is 92.0 Å². The lowest BCUT2D eigenvalue weighted by Crippen LogP contribution is -1.91. The third-order valence-corrected chi connectivity index (χ3v) is 4.00. The Hall–Kier alpha value is -2.61. The summed E-state index contributed by atoms with van der Waals surface area (Å²) in [6, 6.07) is 0. The Morgan fingerprint density at radius 3 is 1.03 bits per heavy atom. The van der Waals surface area contributed by atoms with Gasteiger partial charge in [0.2, 0.25) is 0 Å². The number of hydrogen-bond donors (Lipinski definition) is 1. The van der Waals surface area contributed by atoms with E-state index in [0.29, 0.717) is 6.42 Å². The molecule has 0 bridgehead atoms. The van der Waals surface area contributed by atoms with Crippen LogP contribution in [0.15, 0.2) is 97.2 Å². The monoisotopic (exact) mass is 408 g/mol. The largest absolute Gasteiger partial charge is 0.481 e. The van der Waals surface area contributed by atoms with E-state index in [4.69, 9.17) is 5.11 Å². The van der Waals surface area contributed by atoms with Gasteiger partial charge >= 0.3 is 5.97 Å². The Kier molecular flexibility index (Phi) is 22.3. The Bertz CT molecular complexity index is 625. The van der Waals surface area contributed by atoms with Gasteiger partial charge in [-0.2, -0.15) is 0 Å². The molecular weight excluding hydrogens is 368 g/mol. The van der Waals surface area contributed by atoms with Crippen molar-refractivity contribution >= 4 is 5.97 Å². The molecule has 164 valence electrons. The Labute approximate surface area is 184 Å². The van der Waals surface area contributed by atoms with Crippen LogP contribution in [-0.4, -0.2) is 11.1 Å². The van der Waals surface area contributed by atoms with Crippen LogP contribution >= 0.6 is 0 Å². The minimum atomic E-state index is -0.743. The quantitative estimate of drug-likeness (QED) is 0.231. The van der Waals surface area contributed by atoms with Gasteiger partial charge in [0.1, 0.15) is 0 Å². The number of aliphatic carboxylic acids is 1. The van der Waals surface area contributed by atoms with Crippen LogP contribution < -0.4 is 0 Å². The summed E-state index contributed by atoms with van der Waals surface area (Å²) in [6.07, 6.45) is 43.4. The van der Waals surface area contributed by atoms with E-state index >= 15 is 0 Å². The summed E-state index contributed by atoms with van der Waals surface area (Å²) in [7, 11) is 0. The van der Waals surface area contributed by atoms with Gasteiger partial charge in [0.05, 0.1) is 0 Å². The molecule has 0 saturated heterocycles. The van der Waals surface area contributed by atoms with Crippen LogP contribution in [0.3, 0.4) is 0 Å². The van der Waals surface area contributed by atoms with E-state index < -0.39 is 5.97 Å². The first-order valence-corrected chi connectivity index (χ1v) is 11.2. The minimum absolute atomic E-state index is 0.207. The molecule has 0 aromatic carbocycles. The summed E-state index contributed by atoms with van der Waals surface area (Å²) in [5.74, 6) is -0.743. The van der Waals surface area contributed by atoms with Crippen molar-refractivity contribution in [3.8, 4) is 0 Å². The summed E-state index contributed by atoms with van der Waals surface area (Å²) >= 11 is 0. The zero-order chi connectivity index (χ0) is 22.0. The molecule has 0 fully saturated rings. The zero-order valence-corrected chi connectivity index (χ0v) is 18.7. The molecular formula is C28H40O2. The predicted octanol–water partition coefficient (Wildman–Crippen LogP) is 8.44. The molecule has 0 radical (unpaired) electrons. The maximum absolute atomic E-state index is 10.4. The van der Waals surface area contributed by atoms with Gasteiger partial charge in [-0.05, 0) is 57.8 Å². The highest BCUT2D eigenvalue weighted by atomic mass is 16.4. The fraction of sp³-hybridized carbons (Fsp3) is 0.393. The Morgan fingerprint density at radius 2 is 0.767 bits per heavy atom. The van der Waals surface area contributed by atoms with Crippen LogP contribution in [0.2, 0.25) is 0 Å². The SMILES string of the molecule is CCC=CCC=CCC=CCC=CCC=CCC=CCC=CCC=CCCC(=O)O. The summed E-state index contributed by atoms with van der Waals surface area (Å²) < 4.78 is 0. The normalized spacial score (nSPS) is 13.4. The third-order valence-electron chi connectivity index (χ3n) is 4.00. The van der Waals surface area contributed by atoms with Gasteiger partial charge in [-0.3, -0.25) is 4.79 Å². The number of carboxylic acids is 1. The molecule has 2 heteroatoms. The van der Waals surface area contributed by atoms with Gasteiger partial charge in [0.25, 0.3) is 0 Å². The van der Waals surface area contributed by atoms with Gasteiger partial charge < -0.3 is 5.11 Å². The number of rotatable bonds is 18. The molecule has 0 aliphatic rings. The summed E-state index contributed by atoms with van der Waals surface area (Å²) in [5.41, 5.74) is 0. The second-order valence-corrected chi connectivity index (χ2v) is 6.76. The van der Waals surface area contributed by atoms with E-state index in [0.717, 1.165) is 51.4 Å². The second kappa shape index (κ2) is 24.4. The average molecular weight is 409 g/mol. The minimum Gasteiger partial charge on any atom is -0.481 e. The number of hydrogen-bond acceptors (Lipinski definition) is 1. The van der Waals surface area contributed by atoms with Crippen LogP contribution in [0.25, 0.3) is 0 Å². The van der Waals surface area contributed by atoms with Crippen molar-refractivity contribution in [3.05, 3.63) is 97.2 Å². The highest BCUT2D eigenvalue weighted by Gasteiger charge is 1.90. The summed E-state index contributed by atoms with van der Waals surface area (Å²) in [4.78, 5) is 10.4. The number of carboxylic acid groups (broad SMARTS) is 1. The van der Waals surface area contributed by atoms with Crippen molar-refractivity contribution < 1.29 is 9.90 Å². The smallest absolute Gasteiger partial charge is 0.303 e. The Balaban J connectivity index is 3.56. The van der Waals surface area contributed by atoms with Crippen molar-refractivity contribution in [1.82, 2.24) is 0 Å². The van der Waals surface area contributed by atoms with Gasteiger partial charge in [0, 0.05) is 6.42 Å². The first-order valence-electron chi connectivity index (χ1n) is 11.2. The van der Waals surface area contributed by atoms with Crippen LogP contribution in [-0.2, 0) is 4.79 Å². The van der Waals surface area contributed by atoms with Crippen molar-refractivity contribution in [2.45, 2.75) is 71.1 Å². The van der Waals surface area contributed by atoms with E-state index in [1.807, 2.05) is 12.2 Å². The third kappa shape index (κ3) is 25.4. The van der Waals surface area contributed by atoms with Gasteiger partial charge in [-0.1, -0.05) is 104 Å². The summed E-state index contributed by atoms with van der Waals surface area (Å²) in [6.45, 7) is 2.15. The van der Waals surface area contributed by atoms with Crippen molar-refractivity contribution in [3.63, 3.8) is 0 Å². The standard InChI is InChI=1S/C28H40O2/c1-2-3-4-5-6-7-8-9-10-11-12-13-14-15-16-17-18-19-20-21-22-23-24-25-26-27-28(29)30/h3-4,6-7,9-10,12-13,15-16,18-19,21-22,24-25H,2,5,8,11,14,17,20,23,26-27H2,1H3,(H,29,30). The predicted molar refractivity (Wildman–Crippen MR) is 133 cm³/mol. The molecule has 0 aliphatic heterocycles. The molecule has 0 rings (SSSR count). The maximum Gasteiger partial charge on any atom is 0.303 e. The van der Waals surface area contributed by atoms with E-state index in [1.54, 1.807) is 0 Å². The molecule has 1 N–H and O–H groups in total. The highest BCUT2D eigenvalue weighted by Crippen LogP contribution is 1.98. The second-order valence-electron chi connectivity index (χ2n) is 6.76. The molecule has 0 amide bonds. The van der Waals surface area contributed by atoms with Crippen LogP contribution in [0, 0.1) is 0 Å². The van der Waals surface area contributed by atoms with E-state index in [1.165, 1.54) is 0 Å². The highest BCUT2D eigenvalue weighted by molar-refractivity contribution is 5.66. The Morgan fingerprint density at radius 1 is 0.500 bits per heavy atom. The van der Waals surface area contributed by atoms with Crippen LogP contribution in [0.1, 0.15) is 71.1 Å². The molecule has 30 heavy (non-hydrogen) atoms. The average Bonchev–Trinajstić information content (AvgIpc) is 2.73. The molecule has 0 saturated carbocycles. The first-order chi connectivity index (χ1) is 14.8. The van der Waals surface area contributed by atoms with Gasteiger partial charge in [0.15, 0.2) is 0 Å². The fourth-order valence-corrected chi connectivity index (χ4v) is 2.39. The molecule has 0 atom stereocenters. The molecule has 0 heterocycles. The van der Waals surface area contributed by atoms with Gasteiger partial charge in [-0.25, -0.2) is 0 Å². The van der Waals surface area contributed by atoms with E-state index in [-0.39, 0.29) is 6.42 Å². The van der Waals surface area contributed by atoms with Crippen LogP contribution in [0.5, 0.6) is 0 Å². The zero-order valence-electron chi connectivity index (χ0n) is 18.7. The molecule has 0 aromatic heterocycles. The summed E-state index contributed by atoms with van der Waals surface area (Å²) in [5, 5.41) is 8.53. The topological polar surface area (TPSA) is 37.3 Å². The van der Waals surface area contributed by atoms with E-state index in [9.17, 15) is 4.79 Å². The number of allylic oxidation sites excluding steroid dienone is 16. The van der Waals surface area contributed by atoms with Gasteiger partial charge in [-0.15, -0.1) is 0 Å². The van der Waals surface area contributed by atoms with Crippen molar-refractivity contribution in [2.75, 3.05) is 0 Å². The van der Waals surface area contributed by atoms with Crippen molar-refractivity contribution in [1.29, 1.82) is 0 Å². The first kappa shape index (κ1) is 27.4. The molecule has 0 unspecified atom stereocenters. The molecule has 2 nitrogen and oxygen atoms in total.